The van der Waals surface area contributed by atoms with Crippen LogP contribution in [0.2, 0.25) is 0 Å². The zero-order chi connectivity index (χ0) is 26.2. The Hall–Kier alpha value is -4.46. The minimum atomic E-state index is -2.56. The molecule has 37 heavy (non-hydrogen) atoms. The van der Waals surface area contributed by atoms with E-state index in [4.69, 9.17) is 4.74 Å². The van der Waals surface area contributed by atoms with E-state index in [9.17, 15) is 18.7 Å². The topological polar surface area (TPSA) is 136 Å². The van der Waals surface area contributed by atoms with E-state index in [0.717, 1.165) is 4.68 Å². The van der Waals surface area contributed by atoms with Crippen LogP contribution in [-0.2, 0) is 16.9 Å². The van der Waals surface area contributed by atoms with Gasteiger partial charge < -0.3 is 20.1 Å². The third-order valence-corrected chi connectivity index (χ3v) is 5.98. The summed E-state index contributed by atoms with van der Waals surface area (Å²) in [5.41, 5.74) is 0.297. The highest BCUT2D eigenvalue weighted by Gasteiger charge is 2.45. The SMILES string of the molecule is COc1nn(CC(F)F)cc1Nc1nccc(-n2ccc(-c3cncc([C@]4(O)CCN(C)C4=O)c3)n2)n1. The van der Waals surface area contributed by atoms with Crippen molar-refractivity contribution in [1.29, 1.82) is 0 Å². The van der Waals surface area contributed by atoms with Crippen LogP contribution in [0, 0.1) is 0 Å². The number of aromatic nitrogens is 7. The molecular weight excluding hydrogens is 488 g/mol. The fourth-order valence-electron chi connectivity index (χ4n) is 4.07. The van der Waals surface area contributed by atoms with Gasteiger partial charge in [-0.25, -0.2) is 18.4 Å². The number of alkyl halides is 2. The summed E-state index contributed by atoms with van der Waals surface area (Å²) in [4.78, 5) is 26.8. The predicted octanol–water partition coefficient (Wildman–Crippen LogP) is 1.99. The van der Waals surface area contributed by atoms with Crippen LogP contribution in [0.5, 0.6) is 5.88 Å². The van der Waals surface area contributed by atoms with Crippen LogP contribution in [0.4, 0.5) is 20.4 Å². The Morgan fingerprint density at radius 1 is 1.27 bits per heavy atom. The zero-order valence-corrected chi connectivity index (χ0v) is 19.9. The van der Waals surface area contributed by atoms with Gasteiger partial charge in [-0.15, -0.1) is 5.10 Å². The van der Waals surface area contributed by atoms with Crippen molar-refractivity contribution >= 4 is 17.5 Å². The highest BCUT2D eigenvalue weighted by atomic mass is 19.3. The number of pyridine rings is 1. The average molecular weight is 511 g/mol. The molecule has 192 valence electrons. The number of hydrogen-bond donors (Lipinski definition) is 2. The molecule has 0 spiro atoms. The van der Waals surface area contributed by atoms with E-state index in [1.54, 1.807) is 37.6 Å². The van der Waals surface area contributed by atoms with Crippen LogP contribution in [0.1, 0.15) is 12.0 Å². The number of hydrogen-bond acceptors (Lipinski definition) is 9. The number of nitrogens with zero attached hydrogens (tertiary/aromatic N) is 8. The second-order valence-electron chi connectivity index (χ2n) is 8.47. The molecule has 2 N–H and O–H groups in total. The van der Waals surface area contributed by atoms with Gasteiger partial charge in [-0.3, -0.25) is 14.5 Å². The first kappa shape index (κ1) is 24.2. The lowest BCUT2D eigenvalue weighted by Gasteiger charge is -2.21. The zero-order valence-electron chi connectivity index (χ0n) is 19.9. The number of carbonyl (C=O) groups excluding carboxylic acids is 1. The number of nitrogens with one attached hydrogen (secondary N) is 1. The molecule has 1 atom stereocenters. The summed E-state index contributed by atoms with van der Waals surface area (Å²) >= 11 is 0. The minimum Gasteiger partial charge on any atom is -0.478 e. The largest absolute Gasteiger partial charge is 0.478 e. The van der Waals surface area contributed by atoms with Gasteiger partial charge in [-0.1, -0.05) is 0 Å². The van der Waals surface area contributed by atoms with E-state index in [1.807, 2.05) is 0 Å². The van der Waals surface area contributed by atoms with E-state index >= 15 is 0 Å². The molecular formula is C23H23F2N9O3. The van der Waals surface area contributed by atoms with E-state index in [1.165, 1.54) is 35.3 Å². The third kappa shape index (κ3) is 4.70. The molecule has 4 aromatic rings. The van der Waals surface area contributed by atoms with Crippen molar-refractivity contribution < 1.29 is 23.4 Å². The van der Waals surface area contributed by atoms with Crippen molar-refractivity contribution in [3.8, 4) is 23.0 Å². The fourth-order valence-corrected chi connectivity index (χ4v) is 4.07. The number of aliphatic hydroxyl groups is 1. The molecule has 0 radical (unpaired) electrons. The standard InChI is InChI=1S/C23H23F2N9O3/c1-32-8-5-23(36,21(32)35)15-9-14(10-26-11-15)16-4-7-34(30-16)19-3-6-27-22(29-19)28-17-12-33(13-18(24)25)31-20(17)37-2/h3-4,6-7,9-12,18,36H,5,8,13H2,1-2H3,(H,27,28,29)/t23-/m1/s1. The maximum Gasteiger partial charge on any atom is 0.259 e. The fraction of sp³-hybridized carbons (Fsp3) is 0.304. The number of rotatable bonds is 8. The molecule has 0 aliphatic carbocycles. The molecule has 5 heterocycles. The number of methoxy groups -OCH3 is 1. The van der Waals surface area contributed by atoms with Gasteiger partial charge in [0.05, 0.1) is 19.0 Å². The molecule has 14 heteroatoms. The summed E-state index contributed by atoms with van der Waals surface area (Å²) in [6.45, 7) is -0.121. The Morgan fingerprint density at radius 2 is 2.11 bits per heavy atom. The number of carbonyl (C=O) groups is 1. The first-order valence-corrected chi connectivity index (χ1v) is 11.3. The summed E-state index contributed by atoms with van der Waals surface area (Å²) in [7, 11) is 3.03. The summed E-state index contributed by atoms with van der Waals surface area (Å²) in [5, 5.41) is 22.4. The summed E-state index contributed by atoms with van der Waals surface area (Å²) in [6.07, 6.45) is 5.39. The van der Waals surface area contributed by atoms with Crippen LogP contribution in [0.25, 0.3) is 17.1 Å². The normalized spacial score (nSPS) is 17.6. The molecule has 0 bridgehead atoms. The van der Waals surface area contributed by atoms with Crippen molar-refractivity contribution in [2.75, 3.05) is 26.0 Å². The van der Waals surface area contributed by atoms with Crippen molar-refractivity contribution in [3.05, 3.63) is 54.7 Å². The van der Waals surface area contributed by atoms with E-state index in [-0.39, 0.29) is 24.2 Å². The molecule has 0 unspecified atom stereocenters. The van der Waals surface area contributed by atoms with E-state index in [2.05, 4.69) is 30.5 Å². The molecule has 1 fully saturated rings. The van der Waals surface area contributed by atoms with Crippen molar-refractivity contribution in [2.45, 2.75) is 25.0 Å². The van der Waals surface area contributed by atoms with Gasteiger partial charge in [0.2, 0.25) is 5.95 Å². The lowest BCUT2D eigenvalue weighted by molar-refractivity contribution is -0.143. The third-order valence-electron chi connectivity index (χ3n) is 5.98. The number of likely N-dealkylation sites (N-methyl/N-ethyl adjacent to an activating group) is 1. The Balaban J connectivity index is 1.38. The van der Waals surface area contributed by atoms with Crippen LogP contribution < -0.4 is 10.1 Å². The number of amides is 1. The monoisotopic (exact) mass is 511 g/mol. The number of ether oxygens (including phenoxy) is 1. The molecule has 12 nitrogen and oxygen atoms in total. The van der Waals surface area contributed by atoms with Gasteiger partial charge >= 0.3 is 0 Å². The highest BCUT2D eigenvalue weighted by Crippen LogP contribution is 2.34. The van der Waals surface area contributed by atoms with E-state index < -0.39 is 18.6 Å². The number of anilines is 2. The Morgan fingerprint density at radius 3 is 2.84 bits per heavy atom. The Labute approximate surface area is 209 Å². The summed E-state index contributed by atoms with van der Waals surface area (Å²) in [5.74, 6) is 0.364. The smallest absolute Gasteiger partial charge is 0.259 e. The summed E-state index contributed by atoms with van der Waals surface area (Å²) < 4.78 is 33.2. The Kier molecular flexibility index (Phi) is 6.25. The molecule has 4 aromatic heterocycles. The quantitative estimate of drug-likeness (QED) is 0.364. The van der Waals surface area contributed by atoms with E-state index in [0.29, 0.717) is 34.9 Å². The van der Waals surface area contributed by atoms with Crippen LogP contribution in [0.15, 0.2) is 49.2 Å². The van der Waals surface area contributed by atoms with Gasteiger partial charge in [0.1, 0.15) is 12.2 Å². The van der Waals surface area contributed by atoms with Crippen LogP contribution >= 0.6 is 0 Å². The first-order valence-electron chi connectivity index (χ1n) is 11.3. The maximum atomic E-state index is 12.7. The van der Waals surface area contributed by atoms with Gasteiger partial charge in [-0.2, -0.15) is 10.1 Å². The highest BCUT2D eigenvalue weighted by molar-refractivity contribution is 5.88. The first-order chi connectivity index (χ1) is 17.8. The number of likely N-dealkylation sites (tertiary alicyclic amines) is 1. The van der Waals surface area contributed by atoms with Crippen molar-refractivity contribution in [3.63, 3.8) is 0 Å². The lowest BCUT2D eigenvalue weighted by atomic mass is 9.92. The molecule has 0 saturated carbocycles. The number of halogens is 2. The molecule has 1 amide bonds. The molecule has 1 aliphatic rings. The van der Waals surface area contributed by atoms with Gasteiger partial charge in [0.15, 0.2) is 11.4 Å². The van der Waals surface area contributed by atoms with Crippen LogP contribution in [-0.4, -0.2) is 77.6 Å². The second kappa shape index (κ2) is 9.54. The second-order valence-corrected chi connectivity index (χ2v) is 8.47. The van der Waals surface area contributed by atoms with Crippen LogP contribution in [0.3, 0.4) is 0 Å². The van der Waals surface area contributed by atoms with Gasteiger partial charge in [0.25, 0.3) is 18.2 Å². The maximum absolute atomic E-state index is 12.7. The predicted molar refractivity (Wildman–Crippen MR) is 127 cm³/mol. The van der Waals surface area contributed by atoms with Gasteiger partial charge in [-0.05, 0) is 12.1 Å². The van der Waals surface area contributed by atoms with Crippen molar-refractivity contribution in [2.24, 2.45) is 0 Å². The minimum absolute atomic E-state index is 0.122. The van der Waals surface area contributed by atoms with Gasteiger partial charge in [0, 0.05) is 62.0 Å². The summed E-state index contributed by atoms with van der Waals surface area (Å²) in [6, 6.07) is 5.09. The lowest BCUT2D eigenvalue weighted by Crippen LogP contribution is -2.36. The average Bonchev–Trinajstić information content (AvgIpc) is 3.59. The molecule has 5 rings (SSSR count). The molecule has 1 aliphatic heterocycles. The van der Waals surface area contributed by atoms with Crippen molar-refractivity contribution in [1.82, 2.24) is 39.4 Å². The Bertz CT molecular complexity index is 1440. The molecule has 1 saturated heterocycles. The molecule has 0 aromatic carbocycles.